The van der Waals surface area contributed by atoms with E-state index in [1.807, 2.05) is 42.5 Å². The van der Waals surface area contributed by atoms with Gasteiger partial charge in [-0.2, -0.15) is 0 Å². The molecule has 3 aromatic rings. The minimum absolute atomic E-state index is 0.164. The molecule has 1 spiro atoms. The molecule has 3 aromatic carbocycles. The maximum atomic E-state index is 13.9. The third kappa shape index (κ3) is 2.75. The molecule has 0 saturated carbocycles. The van der Waals surface area contributed by atoms with Gasteiger partial charge in [-0.05, 0) is 42.0 Å². The molecule has 1 fully saturated rings. The number of para-hydroxylation sites is 1. The van der Waals surface area contributed by atoms with E-state index in [1.165, 1.54) is 40.9 Å². The average Bonchev–Trinajstić information content (AvgIpc) is 3.22. The first-order chi connectivity index (χ1) is 14.5. The van der Waals surface area contributed by atoms with Crippen LogP contribution in [0.4, 0.5) is 15.8 Å². The maximum Gasteiger partial charge on any atom is 0.269 e. The summed E-state index contributed by atoms with van der Waals surface area (Å²) < 4.78 is 13.5. The van der Waals surface area contributed by atoms with Crippen LogP contribution in [0.3, 0.4) is 0 Å². The van der Waals surface area contributed by atoms with Crippen LogP contribution < -0.4 is 9.80 Å². The van der Waals surface area contributed by atoms with Crippen molar-refractivity contribution in [3.8, 4) is 0 Å². The number of carbonyl (C=O) groups excluding carboxylic acids is 2. The van der Waals surface area contributed by atoms with Crippen molar-refractivity contribution in [2.75, 3.05) is 15.6 Å². The van der Waals surface area contributed by atoms with Crippen LogP contribution in [0.2, 0.25) is 5.02 Å². The number of nitrogens with zero attached hydrogens (tertiary/aromatic N) is 2. The van der Waals surface area contributed by atoms with Crippen molar-refractivity contribution in [2.45, 2.75) is 11.4 Å². The molecule has 2 heterocycles. The Balaban J connectivity index is 1.65. The van der Waals surface area contributed by atoms with Crippen molar-refractivity contribution in [3.63, 3.8) is 0 Å². The summed E-state index contributed by atoms with van der Waals surface area (Å²) in [6.45, 7) is 0.295. The number of rotatable bonds is 3. The standard InChI is InChI=1S/C23H16ClFN2O2S/c24-19-7-3-1-5-15(19)13-26-20-8-4-2-6-18(20)23(22(26)29)27(21(28)14-30-23)17-11-9-16(25)10-12-17/h1-12H,13-14H2/t23-/m1/s1. The van der Waals surface area contributed by atoms with Gasteiger partial charge < -0.3 is 4.90 Å². The van der Waals surface area contributed by atoms with Crippen LogP contribution in [0, 0.1) is 5.82 Å². The summed E-state index contributed by atoms with van der Waals surface area (Å²) in [5.74, 6) is -0.624. The zero-order chi connectivity index (χ0) is 20.9. The number of hydrogen-bond acceptors (Lipinski definition) is 3. The summed E-state index contributed by atoms with van der Waals surface area (Å²) in [6.07, 6.45) is 0. The Morgan fingerprint density at radius 2 is 1.67 bits per heavy atom. The van der Waals surface area contributed by atoms with Crippen molar-refractivity contribution in [2.24, 2.45) is 0 Å². The van der Waals surface area contributed by atoms with Crippen LogP contribution >= 0.6 is 23.4 Å². The van der Waals surface area contributed by atoms with Crippen molar-refractivity contribution in [3.05, 3.63) is 94.8 Å². The van der Waals surface area contributed by atoms with E-state index in [9.17, 15) is 14.0 Å². The highest BCUT2D eigenvalue weighted by molar-refractivity contribution is 8.02. The molecule has 0 bridgehead atoms. The SMILES string of the molecule is O=C1CS[C@]2(C(=O)N(Cc3ccccc3Cl)c3ccccc32)N1c1ccc(F)cc1. The first-order valence-corrected chi connectivity index (χ1v) is 10.8. The Kier molecular flexibility index (Phi) is 4.56. The molecule has 5 rings (SSSR count). The van der Waals surface area contributed by atoms with Crippen molar-refractivity contribution < 1.29 is 14.0 Å². The zero-order valence-corrected chi connectivity index (χ0v) is 17.3. The average molecular weight is 439 g/mol. The molecular weight excluding hydrogens is 423 g/mol. The van der Waals surface area contributed by atoms with Gasteiger partial charge in [0.15, 0.2) is 0 Å². The molecule has 2 amide bonds. The third-order valence-electron chi connectivity index (χ3n) is 5.43. The van der Waals surface area contributed by atoms with E-state index in [0.717, 1.165) is 16.8 Å². The first-order valence-electron chi connectivity index (χ1n) is 9.40. The Hall–Kier alpha value is -2.83. The van der Waals surface area contributed by atoms with Crippen LogP contribution in [0.5, 0.6) is 0 Å². The predicted molar refractivity (Wildman–Crippen MR) is 117 cm³/mol. The summed E-state index contributed by atoms with van der Waals surface area (Å²) in [7, 11) is 0. The van der Waals surface area contributed by atoms with Gasteiger partial charge in [0, 0.05) is 16.3 Å². The second-order valence-electron chi connectivity index (χ2n) is 7.14. The van der Waals surface area contributed by atoms with Gasteiger partial charge in [-0.15, -0.1) is 11.8 Å². The van der Waals surface area contributed by atoms with E-state index in [4.69, 9.17) is 11.6 Å². The van der Waals surface area contributed by atoms with Crippen molar-refractivity contribution in [1.82, 2.24) is 0 Å². The lowest BCUT2D eigenvalue weighted by Gasteiger charge is -2.33. The quantitative estimate of drug-likeness (QED) is 0.580. The molecule has 7 heteroatoms. The molecule has 0 aromatic heterocycles. The molecule has 0 N–H and O–H groups in total. The molecule has 1 saturated heterocycles. The van der Waals surface area contributed by atoms with Gasteiger partial charge in [-0.1, -0.05) is 48.0 Å². The number of hydrogen-bond donors (Lipinski definition) is 0. The summed E-state index contributed by atoms with van der Waals surface area (Å²) in [6, 6.07) is 20.5. The Labute approximate surface area is 182 Å². The molecule has 2 aliphatic rings. The number of amides is 2. The molecule has 0 unspecified atom stereocenters. The predicted octanol–water partition coefficient (Wildman–Crippen LogP) is 4.96. The van der Waals surface area contributed by atoms with E-state index in [0.29, 0.717) is 17.3 Å². The van der Waals surface area contributed by atoms with E-state index in [-0.39, 0.29) is 17.6 Å². The monoisotopic (exact) mass is 438 g/mol. The van der Waals surface area contributed by atoms with Gasteiger partial charge in [0.2, 0.25) is 10.8 Å². The largest absolute Gasteiger partial charge is 0.304 e. The molecule has 1 atom stereocenters. The van der Waals surface area contributed by atoms with Crippen molar-refractivity contribution in [1.29, 1.82) is 0 Å². The highest BCUT2D eigenvalue weighted by Crippen LogP contribution is 2.56. The normalized spacial score (nSPS) is 20.3. The minimum atomic E-state index is -1.22. The lowest BCUT2D eigenvalue weighted by molar-refractivity contribution is -0.123. The fourth-order valence-electron chi connectivity index (χ4n) is 4.10. The number of thioether (sulfide) groups is 1. The number of fused-ring (bicyclic) bond motifs is 2. The molecule has 2 aliphatic heterocycles. The number of halogens is 2. The highest BCUT2D eigenvalue weighted by Gasteiger charge is 2.60. The van der Waals surface area contributed by atoms with Gasteiger partial charge in [0.1, 0.15) is 5.82 Å². The maximum absolute atomic E-state index is 13.9. The number of benzene rings is 3. The Bertz CT molecular complexity index is 1170. The van der Waals surface area contributed by atoms with Crippen LogP contribution in [-0.4, -0.2) is 17.6 Å². The molecule has 0 radical (unpaired) electrons. The zero-order valence-electron chi connectivity index (χ0n) is 15.7. The van der Waals surface area contributed by atoms with Gasteiger partial charge in [-0.3, -0.25) is 14.5 Å². The van der Waals surface area contributed by atoms with Crippen molar-refractivity contribution >= 4 is 46.6 Å². The first kappa shape index (κ1) is 19.2. The molecule has 4 nitrogen and oxygen atoms in total. The van der Waals surface area contributed by atoms with Crippen LogP contribution in [0.25, 0.3) is 0 Å². The summed E-state index contributed by atoms with van der Waals surface area (Å²) in [5.41, 5.74) is 2.81. The highest BCUT2D eigenvalue weighted by atomic mass is 35.5. The second kappa shape index (κ2) is 7.15. The summed E-state index contributed by atoms with van der Waals surface area (Å²) >= 11 is 7.64. The fraction of sp³-hybridized carbons (Fsp3) is 0.130. The fourth-order valence-corrected chi connectivity index (χ4v) is 5.65. The molecule has 30 heavy (non-hydrogen) atoms. The third-order valence-corrected chi connectivity index (χ3v) is 7.19. The lowest BCUT2D eigenvalue weighted by Crippen LogP contribution is -2.49. The molecule has 150 valence electrons. The molecular formula is C23H16ClFN2O2S. The van der Waals surface area contributed by atoms with Gasteiger partial charge in [-0.25, -0.2) is 4.39 Å². The number of carbonyl (C=O) groups is 2. The van der Waals surface area contributed by atoms with Gasteiger partial charge >= 0.3 is 0 Å². The summed E-state index contributed by atoms with van der Waals surface area (Å²) in [5, 5.41) is 0.578. The Morgan fingerprint density at radius 1 is 0.967 bits per heavy atom. The smallest absolute Gasteiger partial charge is 0.269 e. The van der Waals surface area contributed by atoms with Crippen LogP contribution in [0.15, 0.2) is 72.8 Å². The lowest BCUT2D eigenvalue weighted by atomic mass is 10.0. The Morgan fingerprint density at radius 3 is 2.43 bits per heavy atom. The van der Waals surface area contributed by atoms with Crippen LogP contribution in [-0.2, 0) is 21.0 Å². The topological polar surface area (TPSA) is 40.6 Å². The van der Waals surface area contributed by atoms with E-state index in [2.05, 4.69) is 0 Å². The van der Waals surface area contributed by atoms with Gasteiger partial charge in [0.25, 0.3) is 5.91 Å². The van der Waals surface area contributed by atoms with Crippen LogP contribution in [0.1, 0.15) is 11.1 Å². The van der Waals surface area contributed by atoms with Gasteiger partial charge in [0.05, 0.1) is 18.0 Å². The molecule has 0 aliphatic carbocycles. The van der Waals surface area contributed by atoms with E-state index >= 15 is 0 Å². The van der Waals surface area contributed by atoms with E-state index in [1.54, 1.807) is 11.0 Å². The van der Waals surface area contributed by atoms with E-state index < -0.39 is 10.7 Å². The number of anilines is 2. The minimum Gasteiger partial charge on any atom is -0.304 e. The second-order valence-corrected chi connectivity index (χ2v) is 8.71. The summed E-state index contributed by atoms with van der Waals surface area (Å²) in [4.78, 5) is 28.8.